The molecular formula is C16H11Cl3FNO3. The SMILES string of the molecule is CC(OC(=O)c1c(F)cccc1Cl)C(=O)Nc1cc(Cl)cc(Cl)c1. The molecule has 4 nitrogen and oxygen atoms in total. The Morgan fingerprint density at radius 3 is 2.33 bits per heavy atom. The molecule has 1 amide bonds. The van der Waals surface area contributed by atoms with Crippen molar-refractivity contribution in [1.82, 2.24) is 0 Å². The van der Waals surface area contributed by atoms with Gasteiger partial charge in [0.15, 0.2) is 6.10 Å². The highest BCUT2D eigenvalue weighted by Gasteiger charge is 2.23. The number of ether oxygens (including phenoxy) is 1. The molecule has 0 aromatic heterocycles. The van der Waals surface area contributed by atoms with Crippen LogP contribution in [-0.4, -0.2) is 18.0 Å². The van der Waals surface area contributed by atoms with Crippen LogP contribution in [0.2, 0.25) is 15.1 Å². The molecule has 2 aromatic carbocycles. The van der Waals surface area contributed by atoms with Crippen LogP contribution in [0.5, 0.6) is 0 Å². The average Bonchev–Trinajstić information content (AvgIpc) is 2.45. The Bertz CT molecular complexity index is 758. The van der Waals surface area contributed by atoms with Gasteiger partial charge in [0.25, 0.3) is 5.91 Å². The molecule has 126 valence electrons. The van der Waals surface area contributed by atoms with Crippen molar-refractivity contribution in [2.24, 2.45) is 0 Å². The first-order valence-electron chi connectivity index (χ1n) is 6.70. The van der Waals surface area contributed by atoms with E-state index in [0.717, 1.165) is 6.07 Å². The number of anilines is 1. The summed E-state index contributed by atoms with van der Waals surface area (Å²) >= 11 is 17.5. The zero-order valence-corrected chi connectivity index (χ0v) is 14.5. The van der Waals surface area contributed by atoms with Crippen molar-refractivity contribution in [3.05, 3.63) is 62.8 Å². The lowest BCUT2D eigenvalue weighted by molar-refractivity contribution is -0.123. The molecule has 0 spiro atoms. The van der Waals surface area contributed by atoms with E-state index in [-0.39, 0.29) is 5.02 Å². The zero-order chi connectivity index (χ0) is 17.9. The van der Waals surface area contributed by atoms with Crippen molar-refractivity contribution < 1.29 is 18.7 Å². The lowest BCUT2D eigenvalue weighted by atomic mass is 10.2. The van der Waals surface area contributed by atoms with Crippen LogP contribution in [0.15, 0.2) is 36.4 Å². The number of halogens is 4. The highest BCUT2D eigenvalue weighted by molar-refractivity contribution is 6.35. The first-order chi connectivity index (χ1) is 11.3. The van der Waals surface area contributed by atoms with E-state index >= 15 is 0 Å². The van der Waals surface area contributed by atoms with Crippen molar-refractivity contribution in [2.45, 2.75) is 13.0 Å². The van der Waals surface area contributed by atoms with Crippen LogP contribution in [0.25, 0.3) is 0 Å². The average molecular weight is 391 g/mol. The second kappa shape index (κ2) is 7.83. The van der Waals surface area contributed by atoms with Gasteiger partial charge in [0.2, 0.25) is 0 Å². The monoisotopic (exact) mass is 389 g/mol. The Kier molecular flexibility index (Phi) is 6.04. The van der Waals surface area contributed by atoms with Crippen LogP contribution in [-0.2, 0) is 9.53 Å². The number of hydrogen-bond acceptors (Lipinski definition) is 3. The van der Waals surface area contributed by atoms with E-state index in [2.05, 4.69) is 5.32 Å². The lowest BCUT2D eigenvalue weighted by Gasteiger charge is -2.14. The highest BCUT2D eigenvalue weighted by Crippen LogP contribution is 2.23. The van der Waals surface area contributed by atoms with Crippen LogP contribution < -0.4 is 5.32 Å². The van der Waals surface area contributed by atoms with Gasteiger partial charge < -0.3 is 10.1 Å². The molecular weight excluding hydrogens is 380 g/mol. The normalized spacial score (nSPS) is 11.7. The molecule has 0 saturated carbocycles. The molecule has 1 atom stereocenters. The fraction of sp³-hybridized carbons (Fsp3) is 0.125. The van der Waals surface area contributed by atoms with Crippen molar-refractivity contribution >= 4 is 52.4 Å². The number of hydrogen-bond donors (Lipinski definition) is 1. The molecule has 2 rings (SSSR count). The van der Waals surface area contributed by atoms with Crippen LogP contribution in [0.3, 0.4) is 0 Å². The maximum absolute atomic E-state index is 13.7. The van der Waals surface area contributed by atoms with Gasteiger partial charge in [-0.3, -0.25) is 4.79 Å². The van der Waals surface area contributed by atoms with Crippen molar-refractivity contribution in [3.63, 3.8) is 0 Å². The fourth-order valence-electron chi connectivity index (χ4n) is 1.84. The summed E-state index contributed by atoms with van der Waals surface area (Å²) in [7, 11) is 0. The smallest absolute Gasteiger partial charge is 0.343 e. The molecule has 0 aliphatic carbocycles. The largest absolute Gasteiger partial charge is 0.449 e. The van der Waals surface area contributed by atoms with E-state index in [1.807, 2.05) is 0 Å². The van der Waals surface area contributed by atoms with Gasteiger partial charge in [-0.15, -0.1) is 0 Å². The van der Waals surface area contributed by atoms with Gasteiger partial charge in [-0.05, 0) is 37.3 Å². The number of nitrogens with one attached hydrogen (secondary N) is 1. The van der Waals surface area contributed by atoms with E-state index in [0.29, 0.717) is 15.7 Å². The van der Waals surface area contributed by atoms with Gasteiger partial charge in [-0.1, -0.05) is 40.9 Å². The number of benzene rings is 2. The molecule has 24 heavy (non-hydrogen) atoms. The second-order valence-corrected chi connectivity index (χ2v) is 6.07. The summed E-state index contributed by atoms with van der Waals surface area (Å²) in [5.74, 6) is -2.50. The molecule has 0 aliphatic heterocycles. The second-order valence-electron chi connectivity index (χ2n) is 4.79. The fourth-order valence-corrected chi connectivity index (χ4v) is 2.60. The van der Waals surface area contributed by atoms with Gasteiger partial charge in [0.1, 0.15) is 11.4 Å². The van der Waals surface area contributed by atoms with Crippen LogP contribution >= 0.6 is 34.8 Å². The van der Waals surface area contributed by atoms with Gasteiger partial charge in [0.05, 0.1) is 5.02 Å². The quantitative estimate of drug-likeness (QED) is 0.750. The molecule has 0 radical (unpaired) electrons. The molecule has 8 heteroatoms. The minimum atomic E-state index is -1.19. The summed E-state index contributed by atoms with van der Waals surface area (Å²) in [6.45, 7) is 1.34. The van der Waals surface area contributed by atoms with Crippen molar-refractivity contribution in [3.8, 4) is 0 Å². The van der Waals surface area contributed by atoms with Crippen LogP contribution in [0, 0.1) is 5.82 Å². The maximum Gasteiger partial charge on any atom is 0.343 e. The summed E-state index contributed by atoms with van der Waals surface area (Å²) in [4.78, 5) is 24.1. The van der Waals surface area contributed by atoms with Crippen LogP contribution in [0.4, 0.5) is 10.1 Å². The number of carbonyl (C=O) groups is 2. The van der Waals surface area contributed by atoms with Gasteiger partial charge in [-0.25, -0.2) is 9.18 Å². The molecule has 2 aromatic rings. The Morgan fingerprint density at radius 2 is 1.75 bits per heavy atom. The summed E-state index contributed by atoms with van der Waals surface area (Å²) in [5, 5.41) is 3.06. The number of carbonyl (C=O) groups excluding carboxylic acids is 2. The van der Waals surface area contributed by atoms with E-state index in [9.17, 15) is 14.0 Å². The number of rotatable bonds is 4. The third kappa shape index (κ3) is 4.60. The van der Waals surface area contributed by atoms with Gasteiger partial charge in [-0.2, -0.15) is 0 Å². The maximum atomic E-state index is 13.7. The Morgan fingerprint density at radius 1 is 1.12 bits per heavy atom. The molecule has 0 bridgehead atoms. The topological polar surface area (TPSA) is 55.4 Å². The minimum Gasteiger partial charge on any atom is -0.449 e. The highest BCUT2D eigenvalue weighted by atomic mass is 35.5. The molecule has 0 heterocycles. The van der Waals surface area contributed by atoms with E-state index in [1.165, 1.54) is 37.3 Å². The zero-order valence-electron chi connectivity index (χ0n) is 12.3. The number of amides is 1. The molecule has 1 unspecified atom stereocenters. The van der Waals surface area contributed by atoms with E-state index in [1.54, 1.807) is 0 Å². The van der Waals surface area contributed by atoms with Gasteiger partial charge in [0, 0.05) is 15.7 Å². The Balaban J connectivity index is 2.07. The molecule has 0 aliphatic rings. The van der Waals surface area contributed by atoms with E-state index in [4.69, 9.17) is 39.5 Å². The molecule has 0 fully saturated rings. The lowest BCUT2D eigenvalue weighted by Crippen LogP contribution is -2.30. The Labute approximate surface area is 152 Å². The van der Waals surface area contributed by atoms with Gasteiger partial charge >= 0.3 is 5.97 Å². The summed E-state index contributed by atoms with van der Waals surface area (Å²) < 4.78 is 18.6. The standard InChI is InChI=1S/C16H11Cl3FNO3/c1-8(15(22)21-11-6-9(17)5-10(18)7-11)24-16(23)14-12(19)3-2-4-13(14)20/h2-8H,1H3,(H,21,22). The van der Waals surface area contributed by atoms with Crippen molar-refractivity contribution in [1.29, 1.82) is 0 Å². The molecule has 1 N–H and O–H groups in total. The Hall–Kier alpha value is -1.82. The molecule has 0 saturated heterocycles. The van der Waals surface area contributed by atoms with Crippen molar-refractivity contribution in [2.75, 3.05) is 5.32 Å². The first kappa shape index (κ1) is 18.5. The predicted molar refractivity (Wildman–Crippen MR) is 91.4 cm³/mol. The summed E-state index contributed by atoms with van der Waals surface area (Å²) in [6.07, 6.45) is -1.19. The third-order valence-corrected chi connectivity index (χ3v) is 3.70. The number of esters is 1. The summed E-state index contributed by atoms with van der Waals surface area (Å²) in [5.41, 5.74) is -0.0889. The summed E-state index contributed by atoms with van der Waals surface area (Å²) in [6, 6.07) is 8.23. The predicted octanol–water partition coefficient (Wildman–Crippen LogP) is 4.97. The van der Waals surface area contributed by atoms with Crippen LogP contribution in [0.1, 0.15) is 17.3 Å². The minimum absolute atomic E-state index is 0.103. The third-order valence-electron chi connectivity index (χ3n) is 2.95. The first-order valence-corrected chi connectivity index (χ1v) is 7.83. The van der Waals surface area contributed by atoms with E-state index < -0.39 is 29.4 Å².